The first-order valence-electron chi connectivity index (χ1n) is 6.13. The fourth-order valence-corrected chi connectivity index (χ4v) is 2.61. The van der Waals surface area contributed by atoms with Crippen LogP contribution in [0.1, 0.15) is 34.9 Å². The highest BCUT2D eigenvalue weighted by Gasteiger charge is 2.22. The van der Waals surface area contributed by atoms with E-state index in [4.69, 9.17) is 20.8 Å². The van der Waals surface area contributed by atoms with Crippen molar-refractivity contribution >= 4 is 11.6 Å². The lowest BCUT2D eigenvalue weighted by Gasteiger charge is -2.08. The van der Waals surface area contributed by atoms with Crippen molar-refractivity contribution < 1.29 is 9.15 Å². The number of furan rings is 1. The Morgan fingerprint density at radius 2 is 2.11 bits per heavy atom. The van der Waals surface area contributed by atoms with Gasteiger partial charge in [-0.05, 0) is 43.2 Å². The van der Waals surface area contributed by atoms with Crippen LogP contribution in [0.3, 0.4) is 0 Å². The second kappa shape index (κ2) is 4.36. The fourth-order valence-electron chi connectivity index (χ4n) is 2.35. The Hall–Kier alpha value is -1.41. The van der Waals surface area contributed by atoms with Gasteiger partial charge in [0.25, 0.3) is 0 Å². The van der Waals surface area contributed by atoms with Crippen molar-refractivity contribution in [3.8, 4) is 5.75 Å². The molecule has 1 aromatic heterocycles. The van der Waals surface area contributed by atoms with Crippen molar-refractivity contribution in [1.29, 1.82) is 0 Å². The number of alkyl halides is 1. The van der Waals surface area contributed by atoms with E-state index < -0.39 is 0 Å². The first-order valence-corrected chi connectivity index (χ1v) is 6.57. The molecule has 94 valence electrons. The van der Waals surface area contributed by atoms with Crippen molar-refractivity contribution in [2.24, 2.45) is 0 Å². The topological polar surface area (TPSA) is 22.4 Å². The van der Waals surface area contributed by atoms with Gasteiger partial charge in [0.15, 0.2) is 0 Å². The molecule has 0 amide bonds. The molecule has 2 atom stereocenters. The summed E-state index contributed by atoms with van der Waals surface area (Å²) in [6, 6.07) is 9.99. The summed E-state index contributed by atoms with van der Waals surface area (Å²) in [7, 11) is 0. The summed E-state index contributed by atoms with van der Waals surface area (Å²) in [5.41, 5.74) is 2.29. The Kier molecular flexibility index (Phi) is 2.83. The van der Waals surface area contributed by atoms with Gasteiger partial charge in [-0.15, -0.1) is 11.6 Å². The Labute approximate surface area is 112 Å². The molecule has 2 nitrogen and oxygen atoms in total. The average molecular weight is 263 g/mol. The van der Waals surface area contributed by atoms with Crippen molar-refractivity contribution in [2.45, 2.75) is 31.7 Å². The first kappa shape index (κ1) is 11.7. The summed E-state index contributed by atoms with van der Waals surface area (Å²) in [6.45, 7) is 4.00. The van der Waals surface area contributed by atoms with Gasteiger partial charge in [-0.25, -0.2) is 0 Å². The molecule has 3 rings (SSSR count). The monoisotopic (exact) mass is 262 g/mol. The van der Waals surface area contributed by atoms with E-state index in [1.807, 2.05) is 31.2 Å². The van der Waals surface area contributed by atoms with Crippen LogP contribution in [-0.2, 0) is 6.42 Å². The molecule has 2 unspecified atom stereocenters. The standard InChI is InChI=1S/C15H15ClO2/c1-9-3-5-14(17-9)15(16)11-4-6-13-12(8-11)7-10(2)18-13/h3-6,8,10,15H,7H2,1-2H3. The van der Waals surface area contributed by atoms with E-state index in [9.17, 15) is 0 Å². The Bertz CT molecular complexity index is 574. The zero-order valence-electron chi connectivity index (χ0n) is 10.4. The number of benzene rings is 1. The van der Waals surface area contributed by atoms with E-state index in [1.165, 1.54) is 5.56 Å². The number of ether oxygens (including phenoxy) is 1. The normalized spacial score (nSPS) is 19.4. The van der Waals surface area contributed by atoms with Gasteiger partial charge in [0.1, 0.15) is 28.8 Å². The highest BCUT2D eigenvalue weighted by molar-refractivity contribution is 6.22. The smallest absolute Gasteiger partial charge is 0.126 e. The van der Waals surface area contributed by atoms with Gasteiger partial charge in [0, 0.05) is 6.42 Å². The zero-order chi connectivity index (χ0) is 12.7. The maximum absolute atomic E-state index is 6.45. The van der Waals surface area contributed by atoms with Gasteiger partial charge in [0.05, 0.1) is 0 Å². The van der Waals surface area contributed by atoms with E-state index in [0.29, 0.717) is 0 Å². The van der Waals surface area contributed by atoms with E-state index in [0.717, 1.165) is 29.3 Å². The van der Waals surface area contributed by atoms with Crippen LogP contribution in [-0.4, -0.2) is 6.10 Å². The molecule has 2 heterocycles. The molecule has 18 heavy (non-hydrogen) atoms. The number of fused-ring (bicyclic) bond motifs is 1. The van der Waals surface area contributed by atoms with Crippen LogP contribution in [0.2, 0.25) is 0 Å². The number of halogens is 1. The lowest BCUT2D eigenvalue weighted by molar-refractivity contribution is 0.254. The highest BCUT2D eigenvalue weighted by atomic mass is 35.5. The number of aryl methyl sites for hydroxylation is 1. The molecule has 1 aliphatic rings. The highest BCUT2D eigenvalue weighted by Crippen LogP contribution is 2.35. The molecule has 0 radical (unpaired) electrons. The molecule has 0 saturated heterocycles. The molecule has 0 spiro atoms. The molecule has 0 bridgehead atoms. The van der Waals surface area contributed by atoms with Crippen LogP contribution < -0.4 is 4.74 Å². The molecule has 1 aromatic carbocycles. The summed E-state index contributed by atoms with van der Waals surface area (Å²) < 4.78 is 11.3. The van der Waals surface area contributed by atoms with Crippen LogP contribution in [0, 0.1) is 6.92 Å². The van der Waals surface area contributed by atoms with E-state index in [2.05, 4.69) is 13.0 Å². The molecular formula is C15H15ClO2. The Balaban J connectivity index is 1.91. The van der Waals surface area contributed by atoms with E-state index in [1.54, 1.807) is 0 Å². The van der Waals surface area contributed by atoms with Crippen LogP contribution in [0.25, 0.3) is 0 Å². The Morgan fingerprint density at radius 1 is 1.28 bits per heavy atom. The van der Waals surface area contributed by atoms with Crippen molar-refractivity contribution in [1.82, 2.24) is 0 Å². The third-order valence-electron chi connectivity index (χ3n) is 3.22. The molecule has 1 aliphatic heterocycles. The molecule has 2 aromatic rings. The second-order valence-corrected chi connectivity index (χ2v) is 5.25. The number of rotatable bonds is 2. The first-order chi connectivity index (χ1) is 8.63. The lowest BCUT2D eigenvalue weighted by Crippen LogP contribution is -2.05. The van der Waals surface area contributed by atoms with Crippen LogP contribution in [0.4, 0.5) is 0 Å². The van der Waals surface area contributed by atoms with Gasteiger partial charge < -0.3 is 9.15 Å². The summed E-state index contributed by atoms with van der Waals surface area (Å²) >= 11 is 6.45. The molecular weight excluding hydrogens is 248 g/mol. The minimum Gasteiger partial charge on any atom is -0.490 e. The third kappa shape index (κ3) is 2.01. The van der Waals surface area contributed by atoms with Gasteiger partial charge in [0.2, 0.25) is 0 Å². The minimum atomic E-state index is -0.236. The van der Waals surface area contributed by atoms with Crippen LogP contribution in [0.15, 0.2) is 34.7 Å². The van der Waals surface area contributed by atoms with E-state index >= 15 is 0 Å². The largest absolute Gasteiger partial charge is 0.490 e. The van der Waals surface area contributed by atoms with Crippen molar-refractivity contribution in [3.63, 3.8) is 0 Å². The van der Waals surface area contributed by atoms with Crippen molar-refractivity contribution in [3.05, 3.63) is 53.0 Å². The number of hydrogen-bond acceptors (Lipinski definition) is 2. The van der Waals surface area contributed by atoms with Gasteiger partial charge in [-0.1, -0.05) is 12.1 Å². The zero-order valence-corrected chi connectivity index (χ0v) is 11.2. The van der Waals surface area contributed by atoms with Gasteiger partial charge in [-0.2, -0.15) is 0 Å². The van der Waals surface area contributed by atoms with Crippen molar-refractivity contribution in [2.75, 3.05) is 0 Å². The summed E-state index contributed by atoms with van der Waals surface area (Å²) in [4.78, 5) is 0. The molecule has 0 saturated carbocycles. The molecule has 0 fully saturated rings. The maximum atomic E-state index is 6.45. The molecule has 0 aliphatic carbocycles. The Morgan fingerprint density at radius 3 is 2.83 bits per heavy atom. The third-order valence-corrected chi connectivity index (χ3v) is 3.69. The van der Waals surface area contributed by atoms with Crippen LogP contribution >= 0.6 is 11.6 Å². The maximum Gasteiger partial charge on any atom is 0.126 e. The molecule has 0 N–H and O–H groups in total. The van der Waals surface area contributed by atoms with Gasteiger partial charge in [-0.3, -0.25) is 0 Å². The van der Waals surface area contributed by atoms with Gasteiger partial charge >= 0.3 is 0 Å². The predicted molar refractivity (Wildman–Crippen MR) is 71.4 cm³/mol. The lowest BCUT2D eigenvalue weighted by atomic mass is 10.0. The minimum absolute atomic E-state index is 0.236. The van der Waals surface area contributed by atoms with Crippen LogP contribution in [0.5, 0.6) is 5.75 Å². The summed E-state index contributed by atoms with van der Waals surface area (Å²) in [5, 5.41) is -0.236. The molecule has 3 heteroatoms. The quantitative estimate of drug-likeness (QED) is 0.756. The second-order valence-electron chi connectivity index (χ2n) is 4.81. The number of hydrogen-bond donors (Lipinski definition) is 0. The summed E-state index contributed by atoms with van der Waals surface area (Å²) in [6.07, 6.45) is 1.21. The summed E-state index contributed by atoms with van der Waals surface area (Å²) in [5.74, 6) is 2.65. The SMILES string of the molecule is Cc1ccc(C(Cl)c2ccc3c(c2)CC(C)O3)o1. The van der Waals surface area contributed by atoms with E-state index in [-0.39, 0.29) is 11.5 Å². The average Bonchev–Trinajstić information content (AvgIpc) is 2.92. The predicted octanol–water partition coefficient (Wildman–Crippen LogP) is 4.24. The fraction of sp³-hybridized carbons (Fsp3) is 0.333.